The quantitative estimate of drug-likeness (QED) is 0.402. The summed E-state index contributed by atoms with van der Waals surface area (Å²) in [5.74, 6) is -0.681. The van der Waals surface area contributed by atoms with Gasteiger partial charge in [-0.3, -0.25) is 9.88 Å². The van der Waals surface area contributed by atoms with E-state index in [4.69, 9.17) is 15.5 Å². The summed E-state index contributed by atoms with van der Waals surface area (Å²) in [5, 5.41) is 10.8. The smallest absolute Gasteiger partial charge is 0.226 e. The van der Waals surface area contributed by atoms with Crippen molar-refractivity contribution in [1.82, 2.24) is 24.8 Å². The standard InChI is InChI=1S/C28H26F2N8OS/c1-36-8-15-4-14(36)10-38(15)13-2-3-37(9-13)28-34-6-17-18-11-39-12-19(18)21(23(30)24(17)35-28)25-22-16(5-31)27(32)40-26(22)20(29)7-33-25/h6-7,13-15H,2-4,8-12,32H2,1H3/t13-,14+,15+/m1/s1. The van der Waals surface area contributed by atoms with Gasteiger partial charge in [-0.2, -0.15) is 5.26 Å². The first kappa shape index (κ1) is 24.3. The van der Waals surface area contributed by atoms with Gasteiger partial charge < -0.3 is 20.3 Å². The number of nitrogen functional groups attached to an aromatic ring is 1. The first-order valence-corrected chi connectivity index (χ1v) is 14.3. The molecule has 3 fully saturated rings. The van der Waals surface area contributed by atoms with Gasteiger partial charge in [-0.25, -0.2) is 18.7 Å². The van der Waals surface area contributed by atoms with Gasteiger partial charge in [-0.1, -0.05) is 0 Å². The number of pyridine rings is 1. The number of benzene rings is 1. The first-order valence-electron chi connectivity index (χ1n) is 13.5. The summed E-state index contributed by atoms with van der Waals surface area (Å²) in [6.07, 6.45) is 5.00. The number of nitriles is 1. The summed E-state index contributed by atoms with van der Waals surface area (Å²) in [4.78, 5) is 20.9. The number of thiophene rings is 1. The van der Waals surface area contributed by atoms with Crippen LogP contribution in [-0.2, 0) is 18.0 Å². The SMILES string of the molecule is CN1C[C@@H]2C[C@H]1CN2[C@@H]1CCN(c2ncc3c4c(c(-c5ncc(F)c6sc(N)c(C#N)c56)c(F)c3n2)COC4)C1. The lowest BCUT2D eigenvalue weighted by Crippen LogP contribution is -2.50. The van der Waals surface area contributed by atoms with E-state index in [2.05, 4.69) is 37.8 Å². The predicted molar refractivity (Wildman–Crippen MR) is 148 cm³/mol. The summed E-state index contributed by atoms with van der Waals surface area (Å²) in [6.45, 7) is 4.27. The number of halogens is 2. The maximum Gasteiger partial charge on any atom is 0.226 e. The number of piperazine rings is 1. The number of ether oxygens (including phenoxy) is 1. The second-order valence-corrected chi connectivity index (χ2v) is 12.3. The minimum Gasteiger partial charge on any atom is -0.389 e. The van der Waals surface area contributed by atoms with E-state index in [1.807, 2.05) is 0 Å². The Kier molecular flexibility index (Phi) is 5.32. The average molecular weight is 561 g/mol. The molecule has 1 aromatic carbocycles. The number of nitrogens with zero attached hydrogens (tertiary/aromatic N) is 7. The van der Waals surface area contributed by atoms with Crippen molar-refractivity contribution in [1.29, 1.82) is 5.26 Å². The van der Waals surface area contributed by atoms with Gasteiger partial charge in [0.1, 0.15) is 16.6 Å². The van der Waals surface area contributed by atoms with Crippen molar-refractivity contribution in [2.75, 3.05) is 43.9 Å². The average Bonchev–Trinajstić information content (AvgIpc) is 3.77. The zero-order chi connectivity index (χ0) is 27.3. The maximum absolute atomic E-state index is 16.6. The molecule has 2 N–H and O–H groups in total. The van der Waals surface area contributed by atoms with Crippen LogP contribution in [0.5, 0.6) is 0 Å². The lowest BCUT2D eigenvalue weighted by molar-refractivity contribution is 0.114. The molecule has 0 aliphatic carbocycles. The molecule has 12 heteroatoms. The lowest BCUT2D eigenvalue weighted by Gasteiger charge is -2.36. The summed E-state index contributed by atoms with van der Waals surface area (Å²) < 4.78 is 37.2. The minimum atomic E-state index is -0.600. The summed E-state index contributed by atoms with van der Waals surface area (Å²) in [6, 6.07) is 3.72. The van der Waals surface area contributed by atoms with Gasteiger partial charge in [0.2, 0.25) is 5.95 Å². The summed E-state index contributed by atoms with van der Waals surface area (Å²) in [5.41, 5.74) is 8.08. The van der Waals surface area contributed by atoms with Crippen molar-refractivity contribution in [3.8, 4) is 17.3 Å². The fraction of sp³-hybridized carbons (Fsp3) is 0.429. The Morgan fingerprint density at radius 1 is 1.10 bits per heavy atom. The van der Waals surface area contributed by atoms with E-state index < -0.39 is 11.6 Å². The number of nitrogens with two attached hydrogens (primary N) is 1. The highest BCUT2D eigenvalue weighted by Crippen LogP contribution is 2.45. The van der Waals surface area contributed by atoms with Crippen LogP contribution in [0.25, 0.3) is 32.2 Å². The van der Waals surface area contributed by atoms with Crippen molar-refractivity contribution >= 4 is 43.3 Å². The van der Waals surface area contributed by atoms with Gasteiger partial charge in [0.25, 0.3) is 0 Å². The molecule has 0 saturated carbocycles. The fourth-order valence-corrected chi connectivity index (χ4v) is 8.15. The van der Waals surface area contributed by atoms with Crippen molar-refractivity contribution < 1.29 is 13.5 Å². The second kappa shape index (κ2) is 8.75. The molecule has 8 rings (SSSR count). The van der Waals surface area contributed by atoms with E-state index in [1.54, 1.807) is 6.20 Å². The number of hydrogen-bond acceptors (Lipinski definition) is 10. The molecule has 3 saturated heterocycles. The van der Waals surface area contributed by atoms with Gasteiger partial charge in [0.15, 0.2) is 11.6 Å². The monoisotopic (exact) mass is 560 g/mol. The molecule has 204 valence electrons. The van der Waals surface area contributed by atoms with Gasteiger partial charge in [0.05, 0.1) is 35.4 Å². The number of likely N-dealkylation sites (N-methyl/N-ethyl adjacent to an activating group) is 1. The third kappa shape index (κ3) is 3.35. The van der Waals surface area contributed by atoms with Crippen molar-refractivity contribution in [3.05, 3.63) is 40.7 Å². The highest BCUT2D eigenvalue weighted by Gasteiger charge is 2.45. The summed E-state index contributed by atoms with van der Waals surface area (Å²) in [7, 11) is 2.21. The lowest BCUT2D eigenvalue weighted by atomic mass is 9.94. The van der Waals surface area contributed by atoms with Crippen molar-refractivity contribution in [2.45, 2.75) is 44.2 Å². The van der Waals surface area contributed by atoms with Crippen LogP contribution in [0.4, 0.5) is 19.7 Å². The Labute approximate surface area is 232 Å². The predicted octanol–water partition coefficient (Wildman–Crippen LogP) is 3.64. The molecular formula is C28H26F2N8OS. The molecule has 3 aromatic heterocycles. The van der Waals surface area contributed by atoms with Crippen LogP contribution in [0.2, 0.25) is 0 Å². The molecular weight excluding hydrogens is 534 g/mol. The molecule has 7 heterocycles. The zero-order valence-corrected chi connectivity index (χ0v) is 22.6. The van der Waals surface area contributed by atoms with Crippen LogP contribution in [0.3, 0.4) is 0 Å². The molecule has 4 aliphatic rings. The molecule has 9 nitrogen and oxygen atoms in total. The van der Waals surface area contributed by atoms with E-state index in [0.717, 1.165) is 55.7 Å². The van der Waals surface area contributed by atoms with Crippen molar-refractivity contribution in [3.63, 3.8) is 0 Å². The van der Waals surface area contributed by atoms with E-state index in [1.165, 1.54) is 6.42 Å². The molecule has 0 amide bonds. The molecule has 0 radical (unpaired) electrons. The number of aromatic nitrogens is 3. The highest BCUT2D eigenvalue weighted by atomic mass is 32.1. The Morgan fingerprint density at radius 3 is 2.73 bits per heavy atom. The molecule has 40 heavy (non-hydrogen) atoms. The van der Waals surface area contributed by atoms with Crippen LogP contribution >= 0.6 is 11.3 Å². The molecule has 2 bridgehead atoms. The van der Waals surface area contributed by atoms with E-state index in [9.17, 15) is 9.65 Å². The van der Waals surface area contributed by atoms with Crippen molar-refractivity contribution in [2.24, 2.45) is 0 Å². The Morgan fingerprint density at radius 2 is 1.95 bits per heavy atom. The first-order chi connectivity index (χ1) is 19.4. The number of rotatable bonds is 3. The Balaban J connectivity index is 1.23. The molecule has 4 aromatic rings. The summed E-state index contributed by atoms with van der Waals surface area (Å²) >= 11 is 0.963. The van der Waals surface area contributed by atoms with Crippen LogP contribution in [0, 0.1) is 23.0 Å². The van der Waals surface area contributed by atoms with Gasteiger partial charge in [-0.05, 0) is 31.0 Å². The minimum absolute atomic E-state index is 0.0995. The normalized spacial score (nSPS) is 24.6. The molecule has 4 aliphatic heterocycles. The Hall–Kier alpha value is -3.50. The number of hydrogen-bond donors (Lipinski definition) is 1. The number of anilines is 2. The molecule has 0 spiro atoms. The van der Waals surface area contributed by atoms with Crippen LogP contribution in [0.15, 0.2) is 12.4 Å². The van der Waals surface area contributed by atoms with E-state index in [0.29, 0.717) is 35.0 Å². The van der Waals surface area contributed by atoms with Gasteiger partial charge in [0, 0.05) is 66.8 Å². The molecule has 3 atom stereocenters. The number of likely N-dealkylation sites (tertiary alicyclic amines) is 2. The van der Waals surface area contributed by atoms with E-state index in [-0.39, 0.29) is 50.6 Å². The van der Waals surface area contributed by atoms with Gasteiger partial charge in [-0.15, -0.1) is 11.3 Å². The third-order valence-electron chi connectivity index (χ3n) is 9.20. The number of fused-ring (bicyclic) bond motifs is 6. The third-order valence-corrected chi connectivity index (χ3v) is 10.2. The Bertz CT molecular complexity index is 1770. The fourth-order valence-electron chi connectivity index (χ4n) is 7.23. The molecule has 0 unspecified atom stereocenters. The van der Waals surface area contributed by atoms with Crippen LogP contribution in [-0.4, -0.2) is 76.1 Å². The van der Waals surface area contributed by atoms with E-state index >= 15 is 4.39 Å². The highest BCUT2D eigenvalue weighted by molar-refractivity contribution is 7.23. The topological polar surface area (TPSA) is 107 Å². The van der Waals surface area contributed by atoms with Crippen LogP contribution < -0.4 is 10.6 Å². The van der Waals surface area contributed by atoms with Gasteiger partial charge >= 0.3 is 0 Å². The zero-order valence-electron chi connectivity index (χ0n) is 21.8. The second-order valence-electron chi connectivity index (χ2n) is 11.3. The maximum atomic E-state index is 16.6. The largest absolute Gasteiger partial charge is 0.389 e. The van der Waals surface area contributed by atoms with Crippen LogP contribution in [0.1, 0.15) is 29.5 Å².